The van der Waals surface area contributed by atoms with E-state index in [9.17, 15) is 0 Å². The Balaban J connectivity index is 5.16. The minimum atomic E-state index is 0.737. The van der Waals surface area contributed by atoms with Gasteiger partial charge in [0.25, 0.3) is 0 Å². The first-order valence-corrected chi connectivity index (χ1v) is 5.56. The highest BCUT2D eigenvalue weighted by Crippen LogP contribution is 2.00. The summed E-state index contributed by atoms with van der Waals surface area (Å²) in [7, 11) is 7.90. The molecule has 92 valence electrons. The highest BCUT2D eigenvalue weighted by Gasteiger charge is 2.04. The summed E-state index contributed by atoms with van der Waals surface area (Å²) in [5, 5.41) is 0. The van der Waals surface area contributed by atoms with Gasteiger partial charge in [-0.05, 0) is 13.8 Å². The van der Waals surface area contributed by atoms with Crippen LogP contribution in [0, 0.1) is 0 Å². The summed E-state index contributed by atoms with van der Waals surface area (Å²) in [4.78, 5) is 13.0. The van der Waals surface area contributed by atoms with E-state index in [0.717, 1.165) is 23.9 Å². The number of nitrogens with zero attached hydrogens (tertiary/aromatic N) is 4. The van der Waals surface area contributed by atoms with Crippen molar-refractivity contribution in [2.75, 3.05) is 28.2 Å². The second kappa shape index (κ2) is 7.04. The molecule has 0 fully saturated rings. The van der Waals surface area contributed by atoms with Gasteiger partial charge < -0.3 is 9.80 Å². The van der Waals surface area contributed by atoms with Crippen LogP contribution < -0.4 is 0 Å². The zero-order chi connectivity index (χ0) is 12.7. The Morgan fingerprint density at radius 1 is 1.06 bits per heavy atom. The minimum absolute atomic E-state index is 0.737. The average molecular weight is 224 g/mol. The molecule has 0 aliphatic carbocycles. The van der Waals surface area contributed by atoms with E-state index in [1.165, 1.54) is 0 Å². The third kappa shape index (κ3) is 4.96. The van der Waals surface area contributed by atoms with E-state index < -0.39 is 0 Å². The summed E-state index contributed by atoms with van der Waals surface area (Å²) in [6.07, 6.45) is 2.87. The second-order valence-corrected chi connectivity index (χ2v) is 4.01. The van der Waals surface area contributed by atoms with Crippen LogP contribution in [0.15, 0.2) is 21.8 Å². The van der Waals surface area contributed by atoms with Crippen molar-refractivity contribution in [1.82, 2.24) is 9.80 Å². The van der Waals surface area contributed by atoms with Crippen LogP contribution in [0.25, 0.3) is 0 Å². The number of allylic oxidation sites excluding steroid dienone is 2. The lowest BCUT2D eigenvalue weighted by Crippen LogP contribution is -2.27. The van der Waals surface area contributed by atoms with Crippen LogP contribution in [0.1, 0.15) is 27.2 Å². The standard InChI is InChI=1S/C12H24N4/c1-8-10(3)13-12(16(6)7)14-11(9-2)15(4)5/h8H,9H2,1-7H3/b10-8+,13-12?,14-11?. The molecule has 0 aliphatic heterocycles. The summed E-state index contributed by atoms with van der Waals surface area (Å²) < 4.78 is 0. The van der Waals surface area contributed by atoms with Crippen LogP contribution in [-0.2, 0) is 0 Å². The summed E-state index contributed by atoms with van der Waals surface area (Å²) in [5.41, 5.74) is 0.974. The molecule has 4 heteroatoms. The molecule has 0 aromatic rings. The number of rotatable bonds is 2. The molecular weight excluding hydrogens is 200 g/mol. The Labute approximate surface area is 99.4 Å². The van der Waals surface area contributed by atoms with Gasteiger partial charge in [-0.15, -0.1) is 0 Å². The first kappa shape index (κ1) is 14.7. The van der Waals surface area contributed by atoms with E-state index in [2.05, 4.69) is 16.9 Å². The van der Waals surface area contributed by atoms with Gasteiger partial charge in [-0.3, -0.25) is 0 Å². The van der Waals surface area contributed by atoms with Crippen molar-refractivity contribution in [1.29, 1.82) is 0 Å². The van der Waals surface area contributed by atoms with Gasteiger partial charge in [0, 0.05) is 40.3 Å². The Kier molecular flexibility index (Phi) is 6.46. The first-order chi connectivity index (χ1) is 7.42. The lowest BCUT2D eigenvalue weighted by molar-refractivity contribution is 0.591. The Hall–Kier alpha value is -1.32. The van der Waals surface area contributed by atoms with Crippen molar-refractivity contribution < 1.29 is 0 Å². The van der Waals surface area contributed by atoms with Crippen LogP contribution in [0.2, 0.25) is 0 Å². The molecule has 0 unspecified atom stereocenters. The molecule has 0 heterocycles. The van der Waals surface area contributed by atoms with Crippen molar-refractivity contribution in [2.24, 2.45) is 9.98 Å². The SMILES string of the molecule is C/C=C(\C)N=C(N=C(CC)N(C)C)N(C)C. The monoisotopic (exact) mass is 224 g/mol. The maximum absolute atomic E-state index is 4.56. The Morgan fingerprint density at radius 3 is 1.94 bits per heavy atom. The molecule has 0 saturated carbocycles. The maximum Gasteiger partial charge on any atom is 0.226 e. The number of hydrogen-bond acceptors (Lipinski definition) is 1. The molecule has 0 saturated heterocycles. The summed E-state index contributed by atoms with van der Waals surface area (Å²) in [6, 6.07) is 0. The van der Waals surface area contributed by atoms with E-state index in [-0.39, 0.29) is 0 Å². The van der Waals surface area contributed by atoms with Gasteiger partial charge in [-0.25, -0.2) is 9.98 Å². The van der Waals surface area contributed by atoms with Crippen LogP contribution in [0.5, 0.6) is 0 Å². The molecule has 4 nitrogen and oxygen atoms in total. The highest BCUT2D eigenvalue weighted by atomic mass is 15.3. The van der Waals surface area contributed by atoms with Gasteiger partial charge >= 0.3 is 0 Å². The molecule has 0 bridgehead atoms. The molecule has 0 N–H and O–H groups in total. The molecule has 0 aromatic carbocycles. The zero-order valence-corrected chi connectivity index (χ0v) is 11.6. The Morgan fingerprint density at radius 2 is 1.62 bits per heavy atom. The molecule has 0 rings (SSSR count). The molecule has 0 aromatic heterocycles. The molecule has 0 amide bonds. The summed E-state index contributed by atoms with van der Waals surface area (Å²) in [6.45, 7) is 6.04. The van der Waals surface area contributed by atoms with E-state index >= 15 is 0 Å². The number of hydrogen-bond donors (Lipinski definition) is 0. The van der Waals surface area contributed by atoms with Crippen LogP contribution in [0.4, 0.5) is 0 Å². The van der Waals surface area contributed by atoms with Gasteiger partial charge in [0.05, 0.1) is 0 Å². The van der Waals surface area contributed by atoms with Crippen molar-refractivity contribution in [3.8, 4) is 0 Å². The average Bonchev–Trinajstić information content (AvgIpc) is 2.22. The molecule has 16 heavy (non-hydrogen) atoms. The van der Waals surface area contributed by atoms with Gasteiger partial charge in [0.2, 0.25) is 5.96 Å². The number of amidine groups is 1. The van der Waals surface area contributed by atoms with Crippen LogP contribution >= 0.6 is 0 Å². The third-order valence-electron chi connectivity index (χ3n) is 2.16. The molecule has 0 aliphatic rings. The summed E-state index contributed by atoms with van der Waals surface area (Å²) >= 11 is 0. The molecule has 0 atom stereocenters. The molecule has 0 spiro atoms. The lowest BCUT2D eigenvalue weighted by Gasteiger charge is -2.17. The van der Waals surface area contributed by atoms with Crippen LogP contribution in [-0.4, -0.2) is 49.8 Å². The maximum atomic E-state index is 4.56. The van der Waals surface area contributed by atoms with Gasteiger partial charge in [-0.2, -0.15) is 0 Å². The largest absolute Gasteiger partial charge is 0.366 e. The fourth-order valence-electron chi connectivity index (χ4n) is 1.06. The quantitative estimate of drug-likeness (QED) is 0.532. The van der Waals surface area contributed by atoms with Gasteiger partial charge in [0.1, 0.15) is 5.84 Å². The first-order valence-electron chi connectivity index (χ1n) is 5.56. The normalized spacial score (nSPS) is 14.1. The lowest BCUT2D eigenvalue weighted by atomic mass is 10.4. The van der Waals surface area contributed by atoms with Crippen molar-refractivity contribution in [2.45, 2.75) is 27.2 Å². The van der Waals surface area contributed by atoms with E-state index in [1.807, 2.05) is 57.9 Å². The smallest absolute Gasteiger partial charge is 0.226 e. The fourth-order valence-corrected chi connectivity index (χ4v) is 1.06. The number of aliphatic imine (C=N–C) groups is 2. The number of guanidine groups is 1. The van der Waals surface area contributed by atoms with E-state index in [4.69, 9.17) is 0 Å². The predicted molar refractivity (Wildman–Crippen MR) is 72.0 cm³/mol. The van der Waals surface area contributed by atoms with Gasteiger partial charge in [-0.1, -0.05) is 13.0 Å². The van der Waals surface area contributed by atoms with Crippen molar-refractivity contribution >= 4 is 11.8 Å². The zero-order valence-electron chi connectivity index (χ0n) is 11.6. The minimum Gasteiger partial charge on any atom is -0.366 e. The van der Waals surface area contributed by atoms with Crippen molar-refractivity contribution in [3.05, 3.63) is 11.8 Å². The van der Waals surface area contributed by atoms with Crippen molar-refractivity contribution in [3.63, 3.8) is 0 Å². The Bertz CT molecular complexity index is 298. The van der Waals surface area contributed by atoms with Gasteiger partial charge in [0.15, 0.2) is 0 Å². The molecule has 0 radical (unpaired) electrons. The van der Waals surface area contributed by atoms with Crippen LogP contribution in [0.3, 0.4) is 0 Å². The van der Waals surface area contributed by atoms with E-state index in [1.54, 1.807) is 0 Å². The summed E-state index contributed by atoms with van der Waals surface area (Å²) in [5.74, 6) is 1.76. The van der Waals surface area contributed by atoms with E-state index in [0.29, 0.717) is 0 Å². The second-order valence-electron chi connectivity index (χ2n) is 4.01. The predicted octanol–water partition coefficient (Wildman–Crippen LogP) is 2.20. The fraction of sp³-hybridized carbons (Fsp3) is 0.667. The topological polar surface area (TPSA) is 31.2 Å². The third-order valence-corrected chi connectivity index (χ3v) is 2.16. The highest BCUT2D eigenvalue weighted by molar-refractivity contribution is 5.95. The molecular formula is C12H24N4.